The van der Waals surface area contributed by atoms with Crippen LogP contribution in [-0.4, -0.2) is 41.9 Å². The SMILES string of the molecule is CCc1nc2nccc(C(=O)N3CCCCC3c3cncn3C)c2[nH]1. The Morgan fingerprint density at radius 1 is 1.40 bits per heavy atom. The maximum atomic E-state index is 13.3. The summed E-state index contributed by atoms with van der Waals surface area (Å²) in [7, 11) is 1.98. The number of aromatic amines is 1. The predicted octanol–water partition coefficient (Wildman–Crippen LogP) is 2.62. The fraction of sp³-hybridized carbons (Fsp3) is 0.444. The highest BCUT2D eigenvalue weighted by Gasteiger charge is 2.31. The average molecular weight is 338 g/mol. The minimum atomic E-state index is 0.0320. The van der Waals surface area contributed by atoms with Gasteiger partial charge in [0.25, 0.3) is 5.91 Å². The number of fused-ring (bicyclic) bond motifs is 1. The highest BCUT2D eigenvalue weighted by molar-refractivity contribution is 6.04. The Balaban J connectivity index is 1.74. The van der Waals surface area contributed by atoms with Crippen LogP contribution in [0.1, 0.15) is 54.1 Å². The van der Waals surface area contributed by atoms with E-state index in [-0.39, 0.29) is 11.9 Å². The minimum absolute atomic E-state index is 0.0320. The van der Waals surface area contributed by atoms with E-state index in [1.807, 2.05) is 29.6 Å². The molecule has 0 bridgehead atoms. The molecule has 4 rings (SSSR count). The van der Waals surface area contributed by atoms with Crippen molar-refractivity contribution < 1.29 is 4.79 Å². The number of piperidine rings is 1. The first kappa shape index (κ1) is 15.8. The van der Waals surface area contributed by atoms with E-state index in [2.05, 4.69) is 19.9 Å². The van der Waals surface area contributed by atoms with Gasteiger partial charge in [0.1, 0.15) is 5.82 Å². The smallest absolute Gasteiger partial charge is 0.256 e. The molecule has 0 aliphatic carbocycles. The fourth-order valence-electron chi connectivity index (χ4n) is 3.63. The number of likely N-dealkylation sites (tertiary alicyclic amines) is 1. The van der Waals surface area contributed by atoms with Gasteiger partial charge < -0.3 is 14.5 Å². The van der Waals surface area contributed by atoms with Crippen molar-refractivity contribution in [1.82, 2.24) is 29.4 Å². The average Bonchev–Trinajstić information content (AvgIpc) is 3.26. The van der Waals surface area contributed by atoms with Gasteiger partial charge in [0, 0.05) is 26.2 Å². The Labute approximate surface area is 146 Å². The largest absolute Gasteiger partial charge is 0.340 e. The van der Waals surface area contributed by atoms with Crippen LogP contribution in [0.2, 0.25) is 0 Å². The van der Waals surface area contributed by atoms with E-state index < -0.39 is 0 Å². The molecule has 130 valence electrons. The zero-order valence-electron chi connectivity index (χ0n) is 14.6. The molecule has 0 spiro atoms. The van der Waals surface area contributed by atoms with Crippen LogP contribution < -0.4 is 0 Å². The van der Waals surface area contributed by atoms with Crippen LogP contribution in [0.5, 0.6) is 0 Å². The summed E-state index contributed by atoms with van der Waals surface area (Å²) in [6.45, 7) is 2.79. The summed E-state index contributed by atoms with van der Waals surface area (Å²) in [6.07, 6.45) is 9.21. The van der Waals surface area contributed by atoms with E-state index in [9.17, 15) is 4.79 Å². The number of imidazole rings is 2. The van der Waals surface area contributed by atoms with Gasteiger partial charge in [0.2, 0.25) is 0 Å². The summed E-state index contributed by atoms with van der Waals surface area (Å²) < 4.78 is 2.00. The molecule has 7 heteroatoms. The number of H-pyrrole nitrogens is 1. The number of aromatic nitrogens is 5. The third kappa shape index (κ3) is 2.69. The van der Waals surface area contributed by atoms with Crippen molar-refractivity contribution in [3.63, 3.8) is 0 Å². The molecule has 1 N–H and O–H groups in total. The fourth-order valence-corrected chi connectivity index (χ4v) is 3.63. The molecule has 1 atom stereocenters. The van der Waals surface area contributed by atoms with Gasteiger partial charge in [-0.1, -0.05) is 6.92 Å². The summed E-state index contributed by atoms with van der Waals surface area (Å²) in [5, 5.41) is 0. The first-order valence-corrected chi connectivity index (χ1v) is 8.79. The van der Waals surface area contributed by atoms with Gasteiger partial charge in [-0.15, -0.1) is 0 Å². The number of nitrogens with one attached hydrogen (secondary N) is 1. The van der Waals surface area contributed by atoms with E-state index in [1.165, 1.54) is 0 Å². The highest BCUT2D eigenvalue weighted by Crippen LogP contribution is 2.32. The molecule has 25 heavy (non-hydrogen) atoms. The number of pyridine rings is 1. The van der Waals surface area contributed by atoms with Gasteiger partial charge in [-0.25, -0.2) is 15.0 Å². The van der Waals surface area contributed by atoms with Gasteiger partial charge in [-0.05, 0) is 25.3 Å². The second-order valence-corrected chi connectivity index (χ2v) is 6.53. The summed E-state index contributed by atoms with van der Waals surface area (Å²) in [4.78, 5) is 31.6. The van der Waals surface area contributed by atoms with Crippen molar-refractivity contribution in [3.05, 3.63) is 41.9 Å². The third-order valence-corrected chi connectivity index (χ3v) is 4.97. The number of nitrogens with zero attached hydrogens (tertiary/aromatic N) is 5. The molecule has 1 amide bonds. The lowest BCUT2D eigenvalue weighted by atomic mass is 9.98. The molecule has 0 saturated carbocycles. The maximum Gasteiger partial charge on any atom is 0.256 e. The van der Waals surface area contributed by atoms with Gasteiger partial charge in [-0.2, -0.15) is 0 Å². The summed E-state index contributed by atoms with van der Waals surface area (Å²) in [6, 6.07) is 1.85. The number of carbonyl (C=O) groups is 1. The molecule has 3 aromatic heterocycles. The van der Waals surface area contributed by atoms with Gasteiger partial charge in [0.05, 0.1) is 35.3 Å². The van der Waals surface area contributed by atoms with Crippen LogP contribution in [0.25, 0.3) is 11.2 Å². The molecule has 4 heterocycles. The lowest BCUT2D eigenvalue weighted by Gasteiger charge is -2.36. The highest BCUT2D eigenvalue weighted by atomic mass is 16.2. The molecule has 0 aromatic carbocycles. The van der Waals surface area contributed by atoms with E-state index in [0.717, 1.165) is 49.3 Å². The van der Waals surface area contributed by atoms with E-state index in [1.54, 1.807) is 18.6 Å². The van der Waals surface area contributed by atoms with Crippen molar-refractivity contribution in [1.29, 1.82) is 0 Å². The number of aryl methyl sites for hydroxylation is 2. The number of hydrogen-bond donors (Lipinski definition) is 1. The zero-order valence-corrected chi connectivity index (χ0v) is 14.6. The van der Waals surface area contributed by atoms with Crippen LogP contribution in [0, 0.1) is 0 Å². The normalized spacial score (nSPS) is 18.0. The summed E-state index contributed by atoms with van der Waals surface area (Å²) in [5.74, 6) is 0.884. The topological polar surface area (TPSA) is 79.7 Å². The zero-order chi connectivity index (χ0) is 17.4. The van der Waals surface area contributed by atoms with Crippen LogP contribution >= 0.6 is 0 Å². The maximum absolute atomic E-state index is 13.3. The number of carbonyl (C=O) groups excluding carboxylic acids is 1. The number of amides is 1. The standard InChI is InChI=1S/C18H22N6O/c1-3-15-21-16-12(7-8-20-17(16)22-15)18(25)24-9-5-4-6-13(24)14-10-19-11-23(14)2/h7-8,10-11,13H,3-6,9H2,1-2H3,(H,20,21,22). The monoisotopic (exact) mass is 338 g/mol. The number of hydrogen-bond acceptors (Lipinski definition) is 4. The summed E-state index contributed by atoms with van der Waals surface area (Å²) >= 11 is 0. The Morgan fingerprint density at radius 2 is 2.28 bits per heavy atom. The molecule has 3 aromatic rings. The quantitative estimate of drug-likeness (QED) is 0.796. The molecule has 1 saturated heterocycles. The van der Waals surface area contributed by atoms with E-state index in [4.69, 9.17) is 0 Å². The molecular weight excluding hydrogens is 316 g/mol. The molecule has 1 fully saturated rings. The first-order valence-electron chi connectivity index (χ1n) is 8.79. The second-order valence-electron chi connectivity index (χ2n) is 6.53. The lowest BCUT2D eigenvalue weighted by molar-refractivity contribution is 0.0604. The van der Waals surface area contributed by atoms with Crippen molar-refractivity contribution in [2.24, 2.45) is 7.05 Å². The van der Waals surface area contributed by atoms with E-state index in [0.29, 0.717) is 11.2 Å². The lowest BCUT2D eigenvalue weighted by Crippen LogP contribution is -2.39. The Hall–Kier alpha value is -2.70. The van der Waals surface area contributed by atoms with Gasteiger partial charge in [0.15, 0.2) is 5.65 Å². The van der Waals surface area contributed by atoms with Gasteiger partial charge in [-0.3, -0.25) is 4.79 Å². The molecule has 7 nitrogen and oxygen atoms in total. The molecule has 0 radical (unpaired) electrons. The van der Waals surface area contributed by atoms with Crippen molar-refractivity contribution >= 4 is 17.1 Å². The van der Waals surface area contributed by atoms with Crippen molar-refractivity contribution in [2.75, 3.05) is 6.54 Å². The third-order valence-electron chi connectivity index (χ3n) is 4.97. The molecule has 1 unspecified atom stereocenters. The number of rotatable bonds is 3. The minimum Gasteiger partial charge on any atom is -0.340 e. The molecule has 1 aliphatic heterocycles. The molecular formula is C18H22N6O. The Bertz CT molecular complexity index is 911. The summed E-state index contributed by atoms with van der Waals surface area (Å²) in [5.41, 5.74) is 3.07. The first-order chi connectivity index (χ1) is 12.2. The predicted molar refractivity (Wildman–Crippen MR) is 94.1 cm³/mol. The second kappa shape index (κ2) is 6.31. The van der Waals surface area contributed by atoms with Crippen LogP contribution in [0.3, 0.4) is 0 Å². The Kier molecular flexibility index (Phi) is 3.99. The van der Waals surface area contributed by atoms with E-state index >= 15 is 0 Å². The van der Waals surface area contributed by atoms with Crippen molar-refractivity contribution in [3.8, 4) is 0 Å². The van der Waals surface area contributed by atoms with Crippen LogP contribution in [0.4, 0.5) is 0 Å². The molecule has 1 aliphatic rings. The van der Waals surface area contributed by atoms with Crippen molar-refractivity contribution in [2.45, 2.75) is 38.6 Å². The van der Waals surface area contributed by atoms with Gasteiger partial charge >= 0.3 is 0 Å². The van der Waals surface area contributed by atoms with Crippen LogP contribution in [-0.2, 0) is 13.5 Å². The van der Waals surface area contributed by atoms with Crippen LogP contribution in [0.15, 0.2) is 24.8 Å². The Morgan fingerprint density at radius 3 is 3.04 bits per heavy atom.